The lowest BCUT2D eigenvalue weighted by Crippen LogP contribution is -2.08. The first-order valence-corrected chi connectivity index (χ1v) is 4.35. The molecule has 0 amide bonds. The van der Waals surface area contributed by atoms with Crippen LogP contribution in [0.1, 0.15) is 26.2 Å². The predicted octanol–water partition coefficient (Wildman–Crippen LogP) is 1.43. The molecule has 0 aliphatic rings. The third-order valence-corrected chi connectivity index (χ3v) is 1.73. The van der Waals surface area contributed by atoms with Gasteiger partial charge in [-0.1, -0.05) is 19.8 Å². The summed E-state index contributed by atoms with van der Waals surface area (Å²) in [6.45, 7) is 3.08. The molecule has 1 aromatic heterocycles. The van der Waals surface area contributed by atoms with Crippen molar-refractivity contribution < 1.29 is 0 Å². The van der Waals surface area contributed by atoms with E-state index in [0.717, 1.165) is 13.0 Å². The maximum atomic E-state index is 10.7. The van der Waals surface area contributed by atoms with Crippen LogP contribution in [-0.2, 0) is 6.54 Å². The molecule has 0 bridgehead atoms. The highest BCUT2D eigenvalue weighted by Crippen LogP contribution is 1.95. The molecule has 3 nitrogen and oxygen atoms in total. The van der Waals surface area contributed by atoms with Crippen molar-refractivity contribution in [3.63, 3.8) is 0 Å². The molecule has 0 saturated carbocycles. The zero-order chi connectivity index (χ0) is 8.81. The fourth-order valence-electron chi connectivity index (χ4n) is 1.03. The second-order valence-electron chi connectivity index (χ2n) is 2.83. The molecule has 0 radical (unpaired) electrons. The zero-order valence-electron chi connectivity index (χ0n) is 7.36. The molecule has 0 spiro atoms. The van der Waals surface area contributed by atoms with Crippen LogP contribution in [-0.4, -0.2) is 9.78 Å². The summed E-state index contributed by atoms with van der Waals surface area (Å²) in [5, 5.41) is 3.95. The van der Waals surface area contributed by atoms with Crippen molar-refractivity contribution in [3.05, 3.63) is 28.7 Å². The maximum Gasteiger partial charge on any atom is 0.200 e. The van der Waals surface area contributed by atoms with Crippen molar-refractivity contribution in [1.29, 1.82) is 0 Å². The molecule has 0 saturated heterocycles. The molecular weight excluding hydrogens is 152 g/mol. The van der Waals surface area contributed by atoms with Gasteiger partial charge in [0.25, 0.3) is 0 Å². The molecule has 3 heteroatoms. The molecule has 0 aliphatic heterocycles. The molecule has 1 heterocycles. The third kappa shape index (κ3) is 2.86. The van der Waals surface area contributed by atoms with Gasteiger partial charge in [-0.25, -0.2) is 0 Å². The lowest BCUT2D eigenvalue weighted by atomic mass is 10.2. The number of aryl methyl sites for hydroxylation is 1. The van der Waals surface area contributed by atoms with Crippen molar-refractivity contribution in [2.75, 3.05) is 0 Å². The number of rotatable bonds is 4. The Morgan fingerprint density at radius 1 is 1.50 bits per heavy atom. The highest BCUT2D eigenvalue weighted by molar-refractivity contribution is 4.84. The van der Waals surface area contributed by atoms with Crippen LogP contribution in [0.2, 0.25) is 0 Å². The van der Waals surface area contributed by atoms with Crippen LogP contribution >= 0.6 is 0 Å². The van der Waals surface area contributed by atoms with Gasteiger partial charge in [-0.2, -0.15) is 5.10 Å². The van der Waals surface area contributed by atoms with Crippen molar-refractivity contribution in [2.45, 2.75) is 32.7 Å². The van der Waals surface area contributed by atoms with E-state index < -0.39 is 0 Å². The summed E-state index contributed by atoms with van der Waals surface area (Å²) in [5.74, 6) is 0. The van der Waals surface area contributed by atoms with E-state index in [-0.39, 0.29) is 5.43 Å². The fourth-order valence-corrected chi connectivity index (χ4v) is 1.03. The minimum absolute atomic E-state index is 0.0262. The minimum Gasteiger partial charge on any atom is -0.288 e. The van der Waals surface area contributed by atoms with Crippen LogP contribution in [0.15, 0.2) is 23.3 Å². The Hall–Kier alpha value is -1.12. The normalized spacial score (nSPS) is 10.1. The van der Waals surface area contributed by atoms with Gasteiger partial charge < -0.3 is 0 Å². The highest BCUT2D eigenvalue weighted by atomic mass is 16.1. The largest absolute Gasteiger partial charge is 0.288 e. The molecule has 1 rings (SSSR count). The van der Waals surface area contributed by atoms with Crippen LogP contribution in [0.5, 0.6) is 0 Å². The Morgan fingerprint density at radius 3 is 2.92 bits per heavy atom. The lowest BCUT2D eigenvalue weighted by molar-refractivity contribution is 0.541. The molecule has 0 aliphatic carbocycles. The van der Waals surface area contributed by atoms with Crippen molar-refractivity contribution in [2.24, 2.45) is 0 Å². The maximum absolute atomic E-state index is 10.7. The Labute approximate surface area is 72.0 Å². The summed E-state index contributed by atoms with van der Waals surface area (Å²) in [6, 6.07) is 1.54. The minimum atomic E-state index is -0.0262. The van der Waals surface area contributed by atoms with Crippen LogP contribution in [0, 0.1) is 0 Å². The molecule has 0 aromatic carbocycles. The molecule has 0 N–H and O–H groups in total. The van der Waals surface area contributed by atoms with E-state index in [1.165, 1.54) is 19.0 Å². The van der Waals surface area contributed by atoms with E-state index in [2.05, 4.69) is 12.0 Å². The zero-order valence-corrected chi connectivity index (χ0v) is 7.36. The first kappa shape index (κ1) is 8.97. The van der Waals surface area contributed by atoms with Crippen LogP contribution < -0.4 is 5.43 Å². The SMILES string of the molecule is CCCCCn1ccc(=O)cn1. The van der Waals surface area contributed by atoms with Crippen LogP contribution in [0.4, 0.5) is 0 Å². The summed E-state index contributed by atoms with van der Waals surface area (Å²) in [4.78, 5) is 10.7. The molecule has 0 fully saturated rings. The van der Waals surface area contributed by atoms with Gasteiger partial charge in [0.1, 0.15) is 0 Å². The van der Waals surface area contributed by atoms with Gasteiger partial charge in [-0.15, -0.1) is 0 Å². The van der Waals surface area contributed by atoms with E-state index in [0.29, 0.717) is 0 Å². The number of unbranched alkanes of at least 4 members (excludes halogenated alkanes) is 2. The Kier molecular flexibility index (Phi) is 3.51. The standard InChI is InChI=1S/C9H14N2O/c1-2-3-4-6-11-7-5-9(12)8-10-11/h5,7-8H,2-4,6H2,1H3. The van der Waals surface area contributed by atoms with Crippen LogP contribution in [0.25, 0.3) is 0 Å². The second-order valence-corrected chi connectivity index (χ2v) is 2.83. The number of hydrogen-bond acceptors (Lipinski definition) is 2. The summed E-state index contributed by atoms with van der Waals surface area (Å²) in [6.07, 6.45) is 6.64. The van der Waals surface area contributed by atoms with Gasteiger partial charge >= 0.3 is 0 Å². The third-order valence-electron chi connectivity index (χ3n) is 1.73. The first-order valence-electron chi connectivity index (χ1n) is 4.35. The fraction of sp³-hybridized carbons (Fsp3) is 0.556. The van der Waals surface area contributed by atoms with E-state index >= 15 is 0 Å². The van der Waals surface area contributed by atoms with Gasteiger partial charge in [0, 0.05) is 18.8 Å². The summed E-state index contributed by atoms with van der Waals surface area (Å²) >= 11 is 0. The smallest absolute Gasteiger partial charge is 0.200 e. The molecule has 0 unspecified atom stereocenters. The summed E-state index contributed by atoms with van der Waals surface area (Å²) < 4.78 is 1.80. The predicted molar refractivity (Wildman–Crippen MR) is 48.0 cm³/mol. The average molecular weight is 166 g/mol. The lowest BCUT2D eigenvalue weighted by Gasteiger charge is -2.01. The Morgan fingerprint density at radius 2 is 2.33 bits per heavy atom. The van der Waals surface area contributed by atoms with Crippen molar-refractivity contribution in [1.82, 2.24) is 9.78 Å². The number of hydrogen-bond donors (Lipinski definition) is 0. The Bertz CT molecular complexity index is 260. The topological polar surface area (TPSA) is 34.9 Å². The number of nitrogens with zero attached hydrogens (tertiary/aromatic N) is 2. The number of aromatic nitrogens is 2. The average Bonchev–Trinajstić information content (AvgIpc) is 2.09. The second kappa shape index (κ2) is 4.70. The van der Waals surface area contributed by atoms with Gasteiger partial charge in [-0.05, 0) is 6.42 Å². The Balaban J connectivity index is 2.42. The molecule has 0 atom stereocenters. The first-order chi connectivity index (χ1) is 5.83. The van der Waals surface area contributed by atoms with E-state index in [9.17, 15) is 4.79 Å². The van der Waals surface area contributed by atoms with E-state index in [1.54, 1.807) is 16.9 Å². The van der Waals surface area contributed by atoms with Gasteiger partial charge in [0.2, 0.25) is 0 Å². The quantitative estimate of drug-likeness (QED) is 0.634. The van der Waals surface area contributed by atoms with Gasteiger partial charge in [0.05, 0.1) is 6.20 Å². The summed E-state index contributed by atoms with van der Waals surface area (Å²) in [5.41, 5.74) is -0.0262. The molecule has 12 heavy (non-hydrogen) atoms. The molecular formula is C9H14N2O. The van der Waals surface area contributed by atoms with Crippen molar-refractivity contribution in [3.8, 4) is 0 Å². The summed E-state index contributed by atoms with van der Waals surface area (Å²) in [7, 11) is 0. The highest BCUT2D eigenvalue weighted by Gasteiger charge is 1.89. The van der Waals surface area contributed by atoms with Gasteiger partial charge in [-0.3, -0.25) is 9.48 Å². The van der Waals surface area contributed by atoms with E-state index in [4.69, 9.17) is 0 Å². The monoisotopic (exact) mass is 166 g/mol. The van der Waals surface area contributed by atoms with Crippen LogP contribution in [0.3, 0.4) is 0 Å². The molecule has 1 aromatic rings. The molecule has 66 valence electrons. The van der Waals surface area contributed by atoms with Crippen molar-refractivity contribution >= 4 is 0 Å². The van der Waals surface area contributed by atoms with E-state index in [1.807, 2.05) is 0 Å². The van der Waals surface area contributed by atoms with Gasteiger partial charge in [0.15, 0.2) is 5.43 Å².